The van der Waals surface area contributed by atoms with Gasteiger partial charge in [-0.1, -0.05) is 23.2 Å². The van der Waals surface area contributed by atoms with Crippen LogP contribution in [0.15, 0.2) is 12.1 Å². The van der Waals surface area contributed by atoms with Gasteiger partial charge in [0.2, 0.25) is 0 Å². The molecule has 0 radical (unpaired) electrons. The number of hydrogen-bond acceptors (Lipinski definition) is 3. The molecule has 0 saturated heterocycles. The third-order valence-electron chi connectivity index (χ3n) is 2.30. The molecule has 5 heteroatoms. The van der Waals surface area contributed by atoms with E-state index in [0.717, 1.165) is 5.69 Å². The Bertz CT molecular complexity index is 380. The van der Waals surface area contributed by atoms with E-state index in [4.69, 9.17) is 34.0 Å². The molecular weight excluding hydrogens is 247 g/mol. The van der Waals surface area contributed by atoms with E-state index in [9.17, 15) is 0 Å². The van der Waals surface area contributed by atoms with Gasteiger partial charge >= 0.3 is 0 Å². The van der Waals surface area contributed by atoms with Gasteiger partial charge < -0.3 is 16.2 Å². The van der Waals surface area contributed by atoms with Crippen LogP contribution < -0.4 is 11.1 Å². The summed E-state index contributed by atoms with van der Waals surface area (Å²) in [7, 11) is 0. The van der Waals surface area contributed by atoms with E-state index in [1.54, 1.807) is 12.1 Å². The highest BCUT2D eigenvalue weighted by atomic mass is 35.5. The molecule has 0 fully saturated rings. The first kappa shape index (κ1) is 13.4. The van der Waals surface area contributed by atoms with Gasteiger partial charge in [-0.05, 0) is 32.4 Å². The Balaban J connectivity index is 2.93. The maximum absolute atomic E-state index is 8.93. The Morgan fingerprint density at radius 2 is 1.88 bits per heavy atom. The van der Waals surface area contributed by atoms with E-state index >= 15 is 0 Å². The van der Waals surface area contributed by atoms with Gasteiger partial charge in [0.1, 0.15) is 0 Å². The molecule has 1 aromatic rings. The van der Waals surface area contributed by atoms with Crippen LogP contribution in [0.2, 0.25) is 10.0 Å². The topological polar surface area (TPSA) is 58.3 Å². The molecule has 0 unspecified atom stereocenters. The van der Waals surface area contributed by atoms with E-state index in [-0.39, 0.29) is 12.1 Å². The molecule has 1 aromatic carbocycles. The van der Waals surface area contributed by atoms with Crippen LogP contribution in [-0.4, -0.2) is 17.3 Å². The lowest BCUT2D eigenvalue weighted by Crippen LogP contribution is -2.32. The van der Waals surface area contributed by atoms with Gasteiger partial charge in [-0.15, -0.1) is 0 Å². The lowest BCUT2D eigenvalue weighted by atomic mass is 10.0. The zero-order valence-corrected chi connectivity index (χ0v) is 10.9. The number of benzene rings is 1. The van der Waals surface area contributed by atoms with Gasteiger partial charge in [-0.2, -0.15) is 0 Å². The monoisotopic (exact) mass is 262 g/mol. The summed E-state index contributed by atoms with van der Waals surface area (Å²) in [6, 6.07) is 3.31. The van der Waals surface area contributed by atoms with Gasteiger partial charge in [0.15, 0.2) is 0 Å². The van der Waals surface area contributed by atoms with Crippen molar-refractivity contribution in [3.8, 4) is 0 Å². The Morgan fingerprint density at radius 1 is 1.31 bits per heavy atom. The fourth-order valence-corrected chi connectivity index (χ4v) is 1.71. The predicted molar refractivity (Wildman–Crippen MR) is 70.3 cm³/mol. The standard InChI is InChI=1S/C11H16Cl2N2O/c1-11(2,3-4-16)15-10-6-8(13)7(12)5-9(10)14/h5-6,15-16H,3-4,14H2,1-2H3. The highest BCUT2D eigenvalue weighted by Crippen LogP contribution is 2.32. The third kappa shape index (κ3) is 3.44. The average molecular weight is 263 g/mol. The maximum atomic E-state index is 8.93. The van der Waals surface area contributed by atoms with Crippen molar-refractivity contribution in [1.29, 1.82) is 0 Å². The molecule has 90 valence electrons. The molecule has 0 atom stereocenters. The van der Waals surface area contributed by atoms with Crippen LogP contribution in [0.25, 0.3) is 0 Å². The highest BCUT2D eigenvalue weighted by molar-refractivity contribution is 6.42. The molecule has 16 heavy (non-hydrogen) atoms. The maximum Gasteiger partial charge on any atom is 0.0614 e. The minimum absolute atomic E-state index is 0.112. The second-order valence-corrected chi connectivity index (χ2v) is 5.15. The zero-order valence-electron chi connectivity index (χ0n) is 9.35. The quantitative estimate of drug-likeness (QED) is 0.731. The van der Waals surface area contributed by atoms with Crippen molar-refractivity contribution in [3.05, 3.63) is 22.2 Å². The van der Waals surface area contributed by atoms with Crippen LogP contribution in [0.4, 0.5) is 11.4 Å². The molecule has 0 aromatic heterocycles. The zero-order chi connectivity index (χ0) is 12.3. The summed E-state index contributed by atoms with van der Waals surface area (Å²) < 4.78 is 0. The van der Waals surface area contributed by atoms with E-state index in [1.165, 1.54) is 0 Å². The van der Waals surface area contributed by atoms with Crippen molar-refractivity contribution in [2.24, 2.45) is 0 Å². The molecule has 0 amide bonds. The third-order valence-corrected chi connectivity index (χ3v) is 3.02. The Kier molecular flexibility index (Phi) is 4.30. The van der Waals surface area contributed by atoms with Gasteiger partial charge in [-0.25, -0.2) is 0 Å². The summed E-state index contributed by atoms with van der Waals surface area (Å²) in [6.45, 7) is 4.07. The van der Waals surface area contributed by atoms with Crippen molar-refractivity contribution in [2.75, 3.05) is 17.7 Å². The normalized spacial score (nSPS) is 11.6. The summed E-state index contributed by atoms with van der Waals surface area (Å²) in [5.41, 5.74) is 6.85. The fourth-order valence-electron chi connectivity index (χ4n) is 1.38. The Labute approximate surface area is 106 Å². The van der Waals surface area contributed by atoms with E-state index in [0.29, 0.717) is 22.2 Å². The summed E-state index contributed by atoms with van der Waals surface area (Å²) in [6.07, 6.45) is 0.618. The number of aliphatic hydroxyl groups is 1. The van der Waals surface area contributed by atoms with Crippen LogP contribution in [-0.2, 0) is 0 Å². The number of nitrogens with one attached hydrogen (secondary N) is 1. The molecule has 0 spiro atoms. The van der Waals surface area contributed by atoms with Crippen LogP contribution in [0.5, 0.6) is 0 Å². The van der Waals surface area contributed by atoms with E-state index in [2.05, 4.69) is 5.32 Å². The van der Waals surface area contributed by atoms with Crippen LogP contribution in [0.1, 0.15) is 20.3 Å². The number of nitrogen functional groups attached to an aromatic ring is 1. The highest BCUT2D eigenvalue weighted by Gasteiger charge is 2.18. The molecule has 0 saturated carbocycles. The summed E-state index contributed by atoms with van der Waals surface area (Å²) in [5.74, 6) is 0. The largest absolute Gasteiger partial charge is 0.397 e. The molecular formula is C11H16Cl2N2O. The van der Waals surface area contributed by atoms with Crippen LogP contribution >= 0.6 is 23.2 Å². The predicted octanol–water partition coefficient (Wildman–Crippen LogP) is 3.15. The van der Waals surface area contributed by atoms with Gasteiger partial charge in [0.25, 0.3) is 0 Å². The van der Waals surface area contributed by atoms with Crippen molar-refractivity contribution in [2.45, 2.75) is 25.8 Å². The molecule has 0 bridgehead atoms. The van der Waals surface area contributed by atoms with Crippen molar-refractivity contribution >= 4 is 34.6 Å². The lowest BCUT2D eigenvalue weighted by molar-refractivity contribution is 0.261. The Hall–Kier alpha value is -0.640. The molecule has 4 N–H and O–H groups in total. The smallest absolute Gasteiger partial charge is 0.0614 e. The number of nitrogens with two attached hydrogens (primary N) is 1. The number of anilines is 2. The SMILES string of the molecule is CC(C)(CCO)Nc1cc(Cl)c(Cl)cc1N. The van der Waals surface area contributed by atoms with Crippen molar-refractivity contribution < 1.29 is 5.11 Å². The molecule has 0 aliphatic carbocycles. The Morgan fingerprint density at radius 3 is 2.44 bits per heavy atom. The first-order chi connectivity index (χ1) is 7.35. The number of halogens is 2. The second-order valence-electron chi connectivity index (χ2n) is 4.34. The molecule has 0 heterocycles. The molecule has 1 rings (SSSR count). The van der Waals surface area contributed by atoms with E-state index < -0.39 is 0 Å². The molecule has 0 aliphatic heterocycles. The number of rotatable bonds is 4. The van der Waals surface area contributed by atoms with Gasteiger partial charge in [0, 0.05) is 12.1 Å². The first-order valence-corrected chi connectivity index (χ1v) is 5.75. The van der Waals surface area contributed by atoms with Gasteiger partial charge in [0.05, 0.1) is 21.4 Å². The summed E-state index contributed by atoms with van der Waals surface area (Å²) >= 11 is 11.8. The van der Waals surface area contributed by atoms with Gasteiger partial charge in [-0.3, -0.25) is 0 Å². The molecule has 3 nitrogen and oxygen atoms in total. The number of hydrogen-bond donors (Lipinski definition) is 3. The molecule has 0 aliphatic rings. The minimum Gasteiger partial charge on any atom is -0.397 e. The van der Waals surface area contributed by atoms with Crippen molar-refractivity contribution in [3.63, 3.8) is 0 Å². The fraction of sp³-hybridized carbons (Fsp3) is 0.455. The minimum atomic E-state index is -0.250. The van der Waals surface area contributed by atoms with E-state index in [1.807, 2.05) is 13.8 Å². The second kappa shape index (κ2) is 5.13. The number of aliphatic hydroxyl groups excluding tert-OH is 1. The summed E-state index contributed by atoms with van der Waals surface area (Å²) in [4.78, 5) is 0. The van der Waals surface area contributed by atoms with Crippen molar-refractivity contribution in [1.82, 2.24) is 0 Å². The average Bonchev–Trinajstić information content (AvgIpc) is 2.13. The first-order valence-electron chi connectivity index (χ1n) is 4.99. The van der Waals surface area contributed by atoms with Crippen LogP contribution in [0.3, 0.4) is 0 Å². The lowest BCUT2D eigenvalue weighted by Gasteiger charge is -2.27. The van der Waals surface area contributed by atoms with Crippen LogP contribution in [0, 0.1) is 0 Å². The summed E-state index contributed by atoms with van der Waals surface area (Å²) in [5, 5.41) is 13.0.